The first-order valence-corrected chi connectivity index (χ1v) is 10.3. The van der Waals surface area contributed by atoms with Crippen LogP contribution in [0.4, 0.5) is 10.8 Å². The summed E-state index contributed by atoms with van der Waals surface area (Å²) >= 11 is 1.05. The van der Waals surface area contributed by atoms with Gasteiger partial charge in [0, 0.05) is 11.1 Å². The summed E-state index contributed by atoms with van der Waals surface area (Å²) < 4.78 is 27.0. The van der Waals surface area contributed by atoms with Crippen LogP contribution in [0.25, 0.3) is 0 Å². The molecule has 0 spiro atoms. The molecule has 1 aromatic heterocycles. The van der Waals surface area contributed by atoms with Gasteiger partial charge in [-0.25, -0.2) is 13.4 Å². The van der Waals surface area contributed by atoms with Crippen LogP contribution >= 0.6 is 11.3 Å². The number of aryl methyl sites for hydroxylation is 1. The van der Waals surface area contributed by atoms with Crippen LogP contribution in [0, 0.1) is 0 Å². The van der Waals surface area contributed by atoms with Crippen LogP contribution in [0.15, 0.2) is 64.9 Å². The van der Waals surface area contributed by atoms with E-state index in [1.807, 2.05) is 24.3 Å². The zero-order chi connectivity index (χ0) is 18.6. The summed E-state index contributed by atoms with van der Waals surface area (Å²) in [6, 6.07) is 15.5. The standard InChI is InChI=1S/C18H17N3O3S2/c1-2-13-8-10-14(11-9-13)19-17(22)16-12-25-18(20-16)21-26(23,24)15-6-4-3-5-7-15/h3-12H,2H2,1H3,(H,19,22)(H,20,21). The lowest BCUT2D eigenvalue weighted by Crippen LogP contribution is -2.14. The molecule has 0 aliphatic rings. The van der Waals surface area contributed by atoms with E-state index in [1.165, 1.54) is 23.1 Å². The molecule has 0 aliphatic carbocycles. The molecule has 0 aliphatic heterocycles. The van der Waals surface area contributed by atoms with Crippen molar-refractivity contribution in [3.63, 3.8) is 0 Å². The van der Waals surface area contributed by atoms with Gasteiger partial charge in [0.15, 0.2) is 5.13 Å². The van der Waals surface area contributed by atoms with Gasteiger partial charge in [-0.2, -0.15) is 0 Å². The van der Waals surface area contributed by atoms with Gasteiger partial charge in [0.1, 0.15) is 5.69 Å². The Bertz CT molecular complexity index is 998. The van der Waals surface area contributed by atoms with Gasteiger partial charge in [-0.15, -0.1) is 11.3 Å². The van der Waals surface area contributed by atoms with Gasteiger partial charge in [0.05, 0.1) is 4.90 Å². The van der Waals surface area contributed by atoms with E-state index in [1.54, 1.807) is 18.2 Å². The van der Waals surface area contributed by atoms with Crippen molar-refractivity contribution >= 4 is 38.1 Å². The zero-order valence-corrected chi connectivity index (χ0v) is 15.6. The molecule has 0 unspecified atom stereocenters. The number of hydrogen-bond acceptors (Lipinski definition) is 5. The predicted octanol–water partition coefficient (Wildman–Crippen LogP) is 3.76. The van der Waals surface area contributed by atoms with E-state index in [2.05, 4.69) is 21.9 Å². The first kappa shape index (κ1) is 18.1. The fourth-order valence-corrected chi connectivity index (χ4v) is 4.18. The summed E-state index contributed by atoms with van der Waals surface area (Å²) in [6.45, 7) is 2.06. The van der Waals surface area contributed by atoms with Crippen molar-refractivity contribution in [2.45, 2.75) is 18.2 Å². The fourth-order valence-electron chi connectivity index (χ4n) is 2.22. The summed E-state index contributed by atoms with van der Waals surface area (Å²) in [5.74, 6) is -0.393. The van der Waals surface area contributed by atoms with E-state index in [-0.39, 0.29) is 15.7 Å². The minimum absolute atomic E-state index is 0.136. The molecule has 3 rings (SSSR count). The average Bonchev–Trinajstić information content (AvgIpc) is 3.11. The Hall–Kier alpha value is -2.71. The maximum Gasteiger partial charge on any atom is 0.275 e. The van der Waals surface area contributed by atoms with Crippen molar-refractivity contribution in [3.05, 3.63) is 71.2 Å². The van der Waals surface area contributed by atoms with Crippen molar-refractivity contribution in [1.29, 1.82) is 0 Å². The second kappa shape index (κ2) is 7.67. The fraction of sp³-hybridized carbons (Fsp3) is 0.111. The number of amides is 1. The summed E-state index contributed by atoms with van der Waals surface area (Å²) in [6.07, 6.45) is 0.922. The van der Waals surface area contributed by atoms with Crippen LogP contribution in [0.3, 0.4) is 0 Å². The van der Waals surface area contributed by atoms with Crippen LogP contribution < -0.4 is 10.0 Å². The quantitative estimate of drug-likeness (QED) is 0.674. The van der Waals surface area contributed by atoms with E-state index >= 15 is 0 Å². The minimum Gasteiger partial charge on any atom is -0.321 e. The van der Waals surface area contributed by atoms with Gasteiger partial charge in [-0.1, -0.05) is 37.3 Å². The van der Waals surface area contributed by atoms with Crippen LogP contribution in [0.1, 0.15) is 23.0 Å². The highest BCUT2D eigenvalue weighted by atomic mass is 32.2. The first-order valence-electron chi connectivity index (χ1n) is 7.91. The molecular formula is C18H17N3O3S2. The summed E-state index contributed by atoms with van der Waals surface area (Å²) in [5, 5.41) is 4.40. The molecule has 0 saturated heterocycles. The Morgan fingerprint density at radius 2 is 1.77 bits per heavy atom. The van der Waals surface area contributed by atoms with Gasteiger partial charge in [0.25, 0.3) is 15.9 Å². The molecule has 26 heavy (non-hydrogen) atoms. The van der Waals surface area contributed by atoms with Crippen molar-refractivity contribution < 1.29 is 13.2 Å². The number of anilines is 2. The number of nitrogens with one attached hydrogen (secondary N) is 2. The molecule has 2 N–H and O–H groups in total. The third kappa shape index (κ3) is 4.27. The lowest BCUT2D eigenvalue weighted by Gasteiger charge is -2.05. The Balaban J connectivity index is 1.70. The second-order valence-electron chi connectivity index (χ2n) is 5.46. The largest absolute Gasteiger partial charge is 0.321 e. The van der Waals surface area contributed by atoms with E-state index in [9.17, 15) is 13.2 Å². The Morgan fingerprint density at radius 1 is 1.08 bits per heavy atom. The number of rotatable bonds is 6. The van der Waals surface area contributed by atoms with Crippen LogP contribution in [0.2, 0.25) is 0 Å². The average molecular weight is 387 g/mol. The molecule has 1 heterocycles. The topological polar surface area (TPSA) is 88.2 Å². The van der Waals surface area contributed by atoms with Gasteiger partial charge < -0.3 is 5.32 Å². The van der Waals surface area contributed by atoms with E-state index in [0.29, 0.717) is 5.69 Å². The van der Waals surface area contributed by atoms with Crippen molar-refractivity contribution in [1.82, 2.24) is 4.98 Å². The maximum absolute atomic E-state index is 12.3. The highest BCUT2D eigenvalue weighted by Gasteiger charge is 2.17. The highest BCUT2D eigenvalue weighted by molar-refractivity contribution is 7.93. The van der Waals surface area contributed by atoms with Crippen molar-refractivity contribution in [2.75, 3.05) is 10.0 Å². The number of nitrogens with zero attached hydrogens (tertiary/aromatic N) is 1. The van der Waals surface area contributed by atoms with Crippen molar-refractivity contribution in [2.24, 2.45) is 0 Å². The summed E-state index contributed by atoms with van der Waals surface area (Å²) in [7, 11) is -3.73. The predicted molar refractivity (Wildman–Crippen MR) is 103 cm³/mol. The zero-order valence-electron chi connectivity index (χ0n) is 14.0. The molecule has 0 radical (unpaired) electrons. The highest BCUT2D eigenvalue weighted by Crippen LogP contribution is 2.21. The number of aromatic nitrogens is 1. The number of carbonyl (C=O) groups excluding carboxylic acids is 1. The SMILES string of the molecule is CCc1ccc(NC(=O)c2csc(NS(=O)(=O)c3ccccc3)n2)cc1. The van der Waals surface area contributed by atoms with Gasteiger partial charge in [0.2, 0.25) is 0 Å². The van der Waals surface area contributed by atoms with Gasteiger partial charge in [-0.3, -0.25) is 9.52 Å². The summed E-state index contributed by atoms with van der Waals surface area (Å²) in [5.41, 5.74) is 1.99. The number of benzene rings is 2. The van der Waals surface area contributed by atoms with Crippen LogP contribution in [-0.2, 0) is 16.4 Å². The molecule has 0 atom stereocenters. The monoisotopic (exact) mass is 387 g/mol. The summed E-state index contributed by atoms with van der Waals surface area (Å²) in [4.78, 5) is 16.5. The van der Waals surface area contributed by atoms with E-state index in [0.717, 1.165) is 17.8 Å². The number of sulfonamides is 1. The van der Waals surface area contributed by atoms with Gasteiger partial charge in [-0.05, 0) is 36.2 Å². The molecular weight excluding hydrogens is 370 g/mol. The number of thiazole rings is 1. The number of carbonyl (C=O) groups is 1. The van der Waals surface area contributed by atoms with E-state index in [4.69, 9.17) is 0 Å². The number of hydrogen-bond donors (Lipinski definition) is 2. The molecule has 6 nitrogen and oxygen atoms in total. The molecule has 134 valence electrons. The third-order valence-electron chi connectivity index (χ3n) is 3.63. The van der Waals surface area contributed by atoms with Crippen LogP contribution in [-0.4, -0.2) is 19.3 Å². The Labute approximate surface area is 156 Å². The van der Waals surface area contributed by atoms with Crippen molar-refractivity contribution in [3.8, 4) is 0 Å². The molecule has 0 bridgehead atoms. The third-order valence-corrected chi connectivity index (χ3v) is 5.87. The Morgan fingerprint density at radius 3 is 2.42 bits per heavy atom. The molecule has 2 aromatic carbocycles. The molecule has 1 amide bonds. The smallest absolute Gasteiger partial charge is 0.275 e. The second-order valence-corrected chi connectivity index (χ2v) is 8.00. The first-order chi connectivity index (χ1) is 12.5. The lowest BCUT2D eigenvalue weighted by atomic mass is 10.1. The molecule has 8 heteroatoms. The minimum atomic E-state index is -3.73. The maximum atomic E-state index is 12.3. The molecule has 0 fully saturated rings. The lowest BCUT2D eigenvalue weighted by molar-refractivity contribution is 0.102. The van der Waals surface area contributed by atoms with Gasteiger partial charge >= 0.3 is 0 Å². The van der Waals surface area contributed by atoms with Crippen LogP contribution in [0.5, 0.6) is 0 Å². The Kier molecular flexibility index (Phi) is 5.34. The normalized spacial score (nSPS) is 11.1. The van der Waals surface area contributed by atoms with E-state index < -0.39 is 15.9 Å². The molecule has 0 saturated carbocycles. The molecule has 3 aromatic rings.